The fourth-order valence-electron chi connectivity index (χ4n) is 3.21. The summed E-state index contributed by atoms with van der Waals surface area (Å²) in [4.78, 5) is 16.9. The van der Waals surface area contributed by atoms with Crippen LogP contribution >= 0.6 is 15.9 Å². The number of piperazine rings is 1. The van der Waals surface area contributed by atoms with Crippen LogP contribution in [0.1, 0.15) is 10.4 Å². The predicted molar refractivity (Wildman–Crippen MR) is 119 cm³/mol. The Morgan fingerprint density at radius 1 is 0.897 bits per heavy atom. The van der Waals surface area contributed by atoms with Gasteiger partial charge in [0, 0.05) is 47.5 Å². The van der Waals surface area contributed by atoms with Crippen molar-refractivity contribution in [3.05, 3.63) is 70.7 Å². The molecule has 1 aliphatic heterocycles. The van der Waals surface area contributed by atoms with Gasteiger partial charge < -0.3 is 15.1 Å². The van der Waals surface area contributed by atoms with Crippen molar-refractivity contribution in [2.24, 2.45) is 0 Å². The number of nitrogens with zero attached hydrogens (tertiary/aromatic N) is 4. The molecule has 0 atom stereocenters. The van der Waals surface area contributed by atoms with Crippen LogP contribution in [0, 0.1) is 0 Å². The van der Waals surface area contributed by atoms with Crippen LogP contribution in [0.5, 0.6) is 0 Å². The van der Waals surface area contributed by atoms with Crippen molar-refractivity contribution >= 4 is 33.3 Å². The number of hydrogen-bond acceptors (Lipinski definition) is 5. The number of nitrogens with one attached hydrogen (secondary N) is 1. The third kappa shape index (κ3) is 4.81. The molecule has 6 nitrogen and oxygen atoms in total. The first-order valence-electron chi connectivity index (χ1n) is 9.53. The van der Waals surface area contributed by atoms with Gasteiger partial charge in [-0.05, 0) is 55.6 Å². The Balaban J connectivity index is 1.41. The second kappa shape index (κ2) is 8.71. The number of carbonyl (C=O) groups excluding carboxylic acids is 1. The van der Waals surface area contributed by atoms with Crippen LogP contribution in [0.15, 0.2) is 65.1 Å². The molecule has 29 heavy (non-hydrogen) atoms. The van der Waals surface area contributed by atoms with Gasteiger partial charge in [0.25, 0.3) is 5.91 Å². The van der Waals surface area contributed by atoms with E-state index in [9.17, 15) is 4.79 Å². The minimum absolute atomic E-state index is 0.137. The molecule has 0 spiro atoms. The summed E-state index contributed by atoms with van der Waals surface area (Å²) in [6.07, 6.45) is 0. The lowest BCUT2D eigenvalue weighted by molar-refractivity contribution is 0.102. The largest absolute Gasteiger partial charge is 0.353 e. The fourth-order valence-corrected chi connectivity index (χ4v) is 3.48. The highest BCUT2D eigenvalue weighted by molar-refractivity contribution is 9.10. The molecule has 1 aromatic heterocycles. The van der Waals surface area contributed by atoms with Crippen LogP contribution in [0.2, 0.25) is 0 Å². The van der Waals surface area contributed by atoms with E-state index in [4.69, 9.17) is 0 Å². The molecular formula is C22H22BrN5O. The fraction of sp³-hybridized carbons (Fsp3) is 0.227. The molecule has 2 aromatic carbocycles. The molecule has 1 saturated heterocycles. The standard InChI is InChI=1S/C22H22BrN5O/c1-27-12-14-28(15-13-27)21-11-10-20(25-26-21)16-4-8-19(9-5-16)24-22(29)17-2-6-18(23)7-3-17/h2-11H,12-15H2,1H3,(H,24,29). The summed E-state index contributed by atoms with van der Waals surface area (Å²) in [5.74, 6) is 0.779. The Hall–Kier alpha value is -2.77. The van der Waals surface area contributed by atoms with Crippen LogP contribution < -0.4 is 10.2 Å². The van der Waals surface area contributed by atoms with Gasteiger partial charge in [0.1, 0.15) is 0 Å². The van der Waals surface area contributed by atoms with E-state index in [1.165, 1.54) is 0 Å². The number of rotatable bonds is 4. The van der Waals surface area contributed by atoms with Crippen LogP contribution in [-0.2, 0) is 0 Å². The third-order valence-corrected chi connectivity index (χ3v) is 5.55. The molecule has 0 saturated carbocycles. The van der Waals surface area contributed by atoms with Crippen molar-refractivity contribution in [3.8, 4) is 11.3 Å². The summed E-state index contributed by atoms with van der Waals surface area (Å²) >= 11 is 3.37. The van der Waals surface area contributed by atoms with E-state index in [1.54, 1.807) is 12.1 Å². The second-order valence-electron chi connectivity index (χ2n) is 7.11. The molecule has 1 fully saturated rings. The number of benzene rings is 2. The van der Waals surface area contributed by atoms with Crippen LogP contribution in [-0.4, -0.2) is 54.2 Å². The first-order valence-corrected chi connectivity index (χ1v) is 10.3. The van der Waals surface area contributed by atoms with Crippen molar-refractivity contribution in [1.29, 1.82) is 0 Å². The molecule has 1 N–H and O–H groups in total. The maximum atomic E-state index is 12.3. The maximum absolute atomic E-state index is 12.3. The average Bonchev–Trinajstić information content (AvgIpc) is 2.75. The van der Waals surface area contributed by atoms with E-state index >= 15 is 0 Å². The summed E-state index contributed by atoms with van der Waals surface area (Å²) in [5, 5.41) is 11.7. The van der Waals surface area contributed by atoms with E-state index in [0.29, 0.717) is 5.56 Å². The highest BCUT2D eigenvalue weighted by Gasteiger charge is 2.15. The quantitative estimate of drug-likeness (QED) is 0.651. The molecular weight excluding hydrogens is 430 g/mol. The zero-order valence-electron chi connectivity index (χ0n) is 16.2. The van der Waals surface area contributed by atoms with Crippen LogP contribution in [0.3, 0.4) is 0 Å². The van der Waals surface area contributed by atoms with E-state index in [0.717, 1.165) is 53.4 Å². The SMILES string of the molecule is CN1CCN(c2ccc(-c3ccc(NC(=O)c4ccc(Br)cc4)cc3)nn2)CC1. The lowest BCUT2D eigenvalue weighted by Crippen LogP contribution is -2.44. The van der Waals surface area contributed by atoms with Gasteiger partial charge in [-0.3, -0.25) is 4.79 Å². The number of halogens is 1. The normalized spacial score (nSPS) is 14.6. The molecule has 0 radical (unpaired) electrons. The van der Waals surface area contributed by atoms with E-state index in [2.05, 4.69) is 48.3 Å². The smallest absolute Gasteiger partial charge is 0.255 e. The minimum atomic E-state index is -0.137. The Bertz CT molecular complexity index is 966. The van der Waals surface area contributed by atoms with Crippen molar-refractivity contribution in [3.63, 3.8) is 0 Å². The highest BCUT2D eigenvalue weighted by atomic mass is 79.9. The van der Waals surface area contributed by atoms with Crippen molar-refractivity contribution in [1.82, 2.24) is 15.1 Å². The molecule has 3 aromatic rings. The Labute approximate surface area is 178 Å². The average molecular weight is 452 g/mol. The number of carbonyl (C=O) groups is 1. The topological polar surface area (TPSA) is 61.4 Å². The van der Waals surface area contributed by atoms with Gasteiger partial charge in [-0.2, -0.15) is 0 Å². The second-order valence-corrected chi connectivity index (χ2v) is 8.02. The lowest BCUT2D eigenvalue weighted by Gasteiger charge is -2.32. The number of likely N-dealkylation sites (N-methyl/N-ethyl adjacent to an activating group) is 1. The van der Waals surface area contributed by atoms with Gasteiger partial charge in [0.2, 0.25) is 0 Å². The summed E-state index contributed by atoms with van der Waals surface area (Å²) in [7, 11) is 2.14. The van der Waals surface area contributed by atoms with Gasteiger partial charge in [0.05, 0.1) is 5.69 Å². The van der Waals surface area contributed by atoms with Crippen LogP contribution in [0.4, 0.5) is 11.5 Å². The van der Waals surface area contributed by atoms with Crippen molar-refractivity contribution in [2.45, 2.75) is 0 Å². The molecule has 148 valence electrons. The van der Waals surface area contributed by atoms with Crippen LogP contribution in [0.25, 0.3) is 11.3 Å². The van der Waals surface area contributed by atoms with Gasteiger partial charge in [-0.15, -0.1) is 10.2 Å². The first kappa shape index (κ1) is 19.5. The lowest BCUT2D eigenvalue weighted by atomic mass is 10.1. The Morgan fingerprint density at radius 2 is 1.59 bits per heavy atom. The highest BCUT2D eigenvalue weighted by Crippen LogP contribution is 2.22. The van der Waals surface area contributed by atoms with Crippen molar-refractivity contribution in [2.75, 3.05) is 43.4 Å². The zero-order chi connectivity index (χ0) is 20.2. The predicted octanol–water partition coefficient (Wildman–Crippen LogP) is 3.91. The summed E-state index contributed by atoms with van der Waals surface area (Å²) < 4.78 is 0.943. The molecule has 0 aliphatic carbocycles. The summed E-state index contributed by atoms with van der Waals surface area (Å²) in [5.41, 5.74) is 3.13. The number of amides is 1. The van der Waals surface area contributed by atoms with Gasteiger partial charge in [-0.25, -0.2) is 0 Å². The van der Waals surface area contributed by atoms with E-state index < -0.39 is 0 Å². The summed E-state index contributed by atoms with van der Waals surface area (Å²) in [6, 6.07) is 18.9. The molecule has 4 rings (SSSR count). The van der Waals surface area contributed by atoms with E-state index in [1.807, 2.05) is 48.5 Å². The van der Waals surface area contributed by atoms with Gasteiger partial charge >= 0.3 is 0 Å². The molecule has 7 heteroatoms. The Kier molecular flexibility index (Phi) is 5.87. The Morgan fingerprint density at radius 3 is 2.21 bits per heavy atom. The van der Waals surface area contributed by atoms with Crippen molar-refractivity contribution < 1.29 is 4.79 Å². The number of anilines is 2. The molecule has 2 heterocycles. The maximum Gasteiger partial charge on any atom is 0.255 e. The summed E-state index contributed by atoms with van der Waals surface area (Å²) in [6.45, 7) is 4.02. The van der Waals surface area contributed by atoms with Gasteiger partial charge in [-0.1, -0.05) is 28.1 Å². The molecule has 1 amide bonds. The molecule has 1 aliphatic rings. The monoisotopic (exact) mass is 451 g/mol. The number of hydrogen-bond donors (Lipinski definition) is 1. The minimum Gasteiger partial charge on any atom is -0.353 e. The van der Waals surface area contributed by atoms with E-state index in [-0.39, 0.29) is 5.91 Å². The zero-order valence-corrected chi connectivity index (χ0v) is 17.8. The first-order chi connectivity index (χ1) is 14.1. The molecule has 0 unspecified atom stereocenters. The number of aromatic nitrogens is 2. The van der Waals surface area contributed by atoms with Gasteiger partial charge in [0.15, 0.2) is 5.82 Å². The third-order valence-electron chi connectivity index (χ3n) is 5.02. The molecule has 0 bridgehead atoms.